The van der Waals surface area contributed by atoms with Crippen LogP contribution in [0.3, 0.4) is 0 Å². The molecule has 506 valence electrons. The molecule has 0 radical (unpaired) electrons. The number of thioether (sulfide) groups is 2. The lowest BCUT2D eigenvalue weighted by Gasteiger charge is -2.31. The lowest BCUT2D eigenvalue weighted by Crippen LogP contribution is -2.61. The van der Waals surface area contributed by atoms with Gasteiger partial charge in [-0.25, -0.2) is 13.8 Å². The van der Waals surface area contributed by atoms with Crippen molar-refractivity contribution in [1.82, 2.24) is 67.4 Å². The average molecular weight is 1360 g/mol. The van der Waals surface area contributed by atoms with Gasteiger partial charge in [0.15, 0.2) is 0 Å². The maximum atomic E-state index is 15.0. The average Bonchev–Trinajstić information content (AvgIpc) is 1.66. The van der Waals surface area contributed by atoms with E-state index >= 15 is 0 Å². The topological polar surface area (TPSA) is 414 Å². The van der Waals surface area contributed by atoms with Crippen LogP contribution < -0.4 is 48.3 Å². The van der Waals surface area contributed by atoms with E-state index in [4.69, 9.17) is 5.73 Å². The van der Waals surface area contributed by atoms with E-state index in [-0.39, 0.29) is 66.8 Å². The summed E-state index contributed by atoms with van der Waals surface area (Å²) in [4.78, 5) is 169. The van der Waals surface area contributed by atoms with Crippen molar-refractivity contribution in [3.8, 4) is 5.75 Å². The van der Waals surface area contributed by atoms with Gasteiger partial charge in [-0.1, -0.05) is 36.4 Å². The Hall–Kier alpha value is -10.3. The number of carboxylic acids is 1. The first-order valence-electron chi connectivity index (χ1n) is 30.7. The van der Waals surface area contributed by atoms with Crippen molar-refractivity contribution in [3.63, 3.8) is 0 Å². The summed E-state index contributed by atoms with van der Waals surface area (Å²) in [6.45, 7) is 0.715. The number of carbonyl (C=O) groups excluding carboxylic acids is 10. The number of primary amides is 1. The van der Waals surface area contributed by atoms with Gasteiger partial charge in [0, 0.05) is 108 Å². The minimum absolute atomic E-state index is 0.0214. The molecule has 0 unspecified atom stereocenters. The van der Waals surface area contributed by atoms with E-state index in [1.54, 1.807) is 0 Å². The molecule has 1 saturated heterocycles. The third-order valence-electron chi connectivity index (χ3n) is 16.2. The molecule has 0 spiro atoms. The van der Waals surface area contributed by atoms with Crippen LogP contribution in [0.4, 0.5) is 8.78 Å². The number of nitrogens with two attached hydrogens (primary N) is 1. The van der Waals surface area contributed by atoms with Crippen molar-refractivity contribution >= 4 is 110 Å². The van der Waals surface area contributed by atoms with E-state index in [9.17, 15) is 71.7 Å². The van der Waals surface area contributed by atoms with Crippen LogP contribution in [0.15, 0.2) is 110 Å². The van der Waals surface area contributed by atoms with Gasteiger partial charge >= 0.3 is 5.97 Å². The van der Waals surface area contributed by atoms with Crippen molar-refractivity contribution in [1.29, 1.82) is 0 Å². The predicted molar refractivity (Wildman–Crippen MR) is 350 cm³/mol. The Bertz CT molecular complexity index is 4020. The van der Waals surface area contributed by atoms with Gasteiger partial charge in [-0.3, -0.25) is 52.7 Å². The number of rotatable bonds is 11. The number of aromatic nitrogens is 4. The zero-order chi connectivity index (χ0) is 68.6. The number of fused-ring (bicyclic) bond motifs is 5. The van der Waals surface area contributed by atoms with Crippen LogP contribution in [0.5, 0.6) is 5.75 Å². The Morgan fingerprint density at radius 2 is 1.22 bits per heavy atom. The first-order chi connectivity index (χ1) is 46.0. The number of amides is 10. The summed E-state index contributed by atoms with van der Waals surface area (Å²) in [7, 11) is 0. The quantitative estimate of drug-likeness (QED) is 0.0876. The van der Waals surface area contributed by atoms with E-state index in [0.29, 0.717) is 51.2 Å². The largest absolute Gasteiger partial charge is 0.508 e. The Labute approximate surface area is 556 Å². The van der Waals surface area contributed by atoms with Gasteiger partial charge in [-0.05, 0) is 96.1 Å². The summed E-state index contributed by atoms with van der Waals surface area (Å²) in [6.07, 6.45) is 3.47. The molecule has 9 rings (SSSR count). The lowest BCUT2D eigenvalue weighted by atomic mass is 10.0. The highest BCUT2D eigenvalue weighted by atomic mass is 32.2. The number of imidazole rings is 1. The number of hydrogen-bond acceptors (Lipinski definition) is 15. The number of H-pyrrole nitrogens is 3. The van der Waals surface area contributed by atoms with Crippen molar-refractivity contribution in [2.75, 3.05) is 24.6 Å². The van der Waals surface area contributed by atoms with Gasteiger partial charge in [0.25, 0.3) is 0 Å². The van der Waals surface area contributed by atoms with Crippen LogP contribution in [0, 0.1) is 11.6 Å². The number of carbonyl (C=O) groups is 11. The second-order valence-corrected chi connectivity index (χ2v) is 25.5. The van der Waals surface area contributed by atoms with E-state index in [0.717, 1.165) is 17.2 Å². The molecule has 7 aromatic rings. The van der Waals surface area contributed by atoms with Crippen LogP contribution in [-0.4, -0.2) is 173 Å². The Kier molecular flexibility index (Phi) is 23.9. The lowest BCUT2D eigenvalue weighted by molar-refractivity contribution is -0.143. The predicted octanol–water partition coefficient (Wildman–Crippen LogP) is 1.68. The number of aromatic hydroxyl groups is 1. The molecule has 27 nitrogen and oxygen atoms in total. The molecule has 3 aromatic heterocycles. The van der Waals surface area contributed by atoms with Gasteiger partial charge in [0.1, 0.15) is 65.7 Å². The van der Waals surface area contributed by atoms with Gasteiger partial charge in [0.05, 0.1) is 19.3 Å². The summed E-state index contributed by atoms with van der Waals surface area (Å²) in [5, 5.41) is 41.6. The molecule has 0 aliphatic carbocycles. The van der Waals surface area contributed by atoms with Gasteiger partial charge in [-0.2, -0.15) is 23.5 Å². The minimum atomic E-state index is -2.04. The van der Waals surface area contributed by atoms with Gasteiger partial charge in [0.2, 0.25) is 59.1 Å². The number of aliphatic carboxylic acids is 1. The fourth-order valence-electron chi connectivity index (χ4n) is 11.2. The van der Waals surface area contributed by atoms with Crippen LogP contribution in [0.2, 0.25) is 0 Å². The SMILES string of the molecule is C[C@@H]1NC(=O)CCSCc2cccc(c2)CSC[C@@H](C(N)=O)NC(=O)[C@@H]2CCCN2C(=O)[C@H](Cc2ccc(O)cc2)NC(=O)[C@H](Cc2cnc[nH]2)NC(=O)[C@H](CC(=O)O)NC(=O)[C@H](Cc2c[nH]c3ccc(F)cc23)NC(=O)[C@H](Cc2c[nH]c3ccc(F)cc23)NC(=O)CNC1=O. The molecule has 31 heteroatoms. The number of benzene rings is 4. The third kappa shape index (κ3) is 19.2. The molecule has 8 atom stereocenters. The summed E-state index contributed by atoms with van der Waals surface area (Å²) >= 11 is 2.78. The smallest absolute Gasteiger partial charge is 0.305 e. The van der Waals surface area contributed by atoms with Crippen molar-refractivity contribution < 1.29 is 71.7 Å². The monoisotopic (exact) mass is 1360 g/mol. The zero-order valence-corrected chi connectivity index (χ0v) is 53.5. The first-order valence-corrected chi connectivity index (χ1v) is 33.0. The Balaban J connectivity index is 1.04. The first kappa shape index (κ1) is 70.0. The van der Waals surface area contributed by atoms with E-state index < -0.39 is 144 Å². The van der Waals surface area contributed by atoms with E-state index in [2.05, 4.69) is 62.5 Å². The molecular weight excluding hydrogens is 1290 g/mol. The molecule has 5 heterocycles. The fourth-order valence-corrected chi connectivity index (χ4v) is 13.1. The highest BCUT2D eigenvalue weighted by Gasteiger charge is 2.41. The minimum Gasteiger partial charge on any atom is -0.508 e. The molecule has 2 bridgehead atoms. The summed E-state index contributed by atoms with van der Waals surface area (Å²) < 4.78 is 29.6. The molecule has 2 aliphatic heterocycles. The van der Waals surface area contributed by atoms with E-state index in [1.165, 1.54) is 115 Å². The van der Waals surface area contributed by atoms with Crippen LogP contribution >= 0.6 is 23.5 Å². The normalized spacial score (nSPS) is 22.5. The molecular formula is C65H72F2N14O13S2. The Morgan fingerprint density at radius 3 is 1.82 bits per heavy atom. The number of phenols is 1. The summed E-state index contributed by atoms with van der Waals surface area (Å²) in [6, 6.07) is 8.88. The Morgan fingerprint density at radius 1 is 0.635 bits per heavy atom. The molecule has 15 N–H and O–H groups in total. The highest BCUT2D eigenvalue weighted by molar-refractivity contribution is 7.98. The molecule has 1 fully saturated rings. The molecule has 96 heavy (non-hydrogen) atoms. The maximum Gasteiger partial charge on any atom is 0.305 e. The van der Waals surface area contributed by atoms with E-state index in [1.807, 2.05) is 24.3 Å². The molecule has 2 aliphatic rings. The zero-order valence-electron chi connectivity index (χ0n) is 51.8. The maximum absolute atomic E-state index is 15.0. The van der Waals surface area contributed by atoms with Crippen molar-refractivity contribution in [2.24, 2.45) is 5.73 Å². The second kappa shape index (κ2) is 32.7. The van der Waals surface area contributed by atoms with Crippen molar-refractivity contribution in [3.05, 3.63) is 155 Å². The third-order valence-corrected chi connectivity index (χ3v) is 18.3. The number of carboxylic acid groups (broad SMARTS) is 1. The summed E-state index contributed by atoms with van der Waals surface area (Å²) in [5.41, 5.74) is 9.78. The van der Waals surface area contributed by atoms with Crippen LogP contribution in [-0.2, 0) is 89.9 Å². The number of nitrogens with one attached hydrogen (secondary N) is 11. The van der Waals surface area contributed by atoms with Gasteiger partial charge in [-0.15, -0.1) is 0 Å². The number of nitrogens with zero attached hydrogens (tertiary/aromatic N) is 2. The second-order valence-electron chi connectivity index (χ2n) is 23.3. The molecule has 0 saturated carbocycles. The standard InChI is InChI=1S/C65H72F2N14O13S2/c1-34-59(88)72-29-56(84)75-48(20-38-26-70-46-13-9-40(66)22-44(38)46)60(89)76-49(21-39-27-71-47-14-10-41(67)23-45(39)47)61(90)78-51(25-57(85)86)63(92)77-50(24-42-28-69-33-73-42)62(91)79-52(19-35-7-11-43(82)12-8-35)65(94)81-16-3-6-54(81)64(93)80-53(58(68)87)32-96-31-37-5-2-4-36(18-37)30-95-17-15-55(83)74-34/h2,4-5,7-14,18,22-23,26-28,33-34,48-54,70-71,82H,3,6,15-17,19-21,24-25,29-32H2,1H3,(H2,68,87)(H,69,73)(H,72,88)(H,74,83)(H,75,84)(H,76,89)(H,77,92)(H,78,90)(H,79,91)(H,80,93)(H,85,86)/t34-,48-,49-,50-,51-,52-,53-,54-/m0/s1. The molecule has 10 amide bonds. The van der Waals surface area contributed by atoms with Gasteiger partial charge < -0.3 is 78.3 Å². The number of halogens is 2. The molecule has 4 aromatic carbocycles. The van der Waals surface area contributed by atoms with Crippen LogP contribution in [0.1, 0.15) is 66.1 Å². The fraction of sp³-hybridized carbons (Fsp3) is 0.354. The summed E-state index contributed by atoms with van der Waals surface area (Å²) in [5.74, 6) is -10.6. The highest BCUT2D eigenvalue weighted by Crippen LogP contribution is 2.26. The number of phenolic OH excluding ortho intramolecular Hbond substituents is 1. The van der Waals surface area contributed by atoms with Crippen LogP contribution in [0.25, 0.3) is 21.8 Å². The number of hydrogen-bond donors (Lipinski definition) is 14. The van der Waals surface area contributed by atoms with Crippen molar-refractivity contribution in [2.45, 2.75) is 118 Å². The number of aromatic amines is 3.